The lowest BCUT2D eigenvalue weighted by atomic mass is 9.79. The van der Waals surface area contributed by atoms with E-state index in [2.05, 4.69) is 117 Å². The highest BCUT2D eigenvalue weighted by molar-refractivity contribution is 6.13. The quantitative estimate of drug-likeness (QED) is 0.510. The first-order valence-electron chi connectivity index (χ1n) is 10.7. The van der Waals surface area contributed by atoms with E-state index < -0.39 is 5.60 Å². The Morgan fingerprint density at radius 1 is 0.767 bits per heavy atom. The van der Waals surface area contributed by atoms with Gasteiger partial charge < -0.3 is 4.74 Å². The van der Waals surface area contributed by atoms with Crippen LogP contribution in [-0.2, 0) is 10.3 Å². The first-order valence-corrected chi connectivity index (χ1v) is 10.7. The predicted molar refractivity (Wildman–Crippen MR) is 123 cm³/mol. The third kappa shape index (κ3) is 2.50. The van der Waals surface area contributed by atoms with Gasteiger partial charge in [-0.15, -0.1) is 0 Å². The SMILES string of the molecule is CCOC1(C2=CC(C)(C)[N+](C)=C2c2ccccc2)c2ccccc2-c2ccccc21. The second-order valence-corrected chi connectivity index (χ2v) is 8.69. The van der Waals surface area contributed by atoms with Crippen LogP contribution in [0.3, 0.4) is 0 Å². The summed E-state index contributed by atoms with van der Waals surface area (Å²) in [5, 5.41) is 0. The number of rotatable bonds is 4. The van der Waals surface area contributed by atoms with Crippen LogP contribution >= 0.6 is 0 Å². The van der Waals surface area contributed by atoms with Gasteiger partial charge in [-0.2, -0.15) is 0 Å². The largest absolute Gasteiger partial charge is 0.361 e. The molecule has 2 aliphatic rings. The Morgan fingerprint density at radius 2 is 1.30 bits per heavy atom. The van der Waals surface area contributed by atoms with Gasteiger partial charge in [-0.05, 0) is 36.3 Å². The molecule has 1 aliphatic heterocycles. The van der Waals surface area contributed by atoms with E-state index in [4.69, 9.17) is 4.74 Å². The smallest absolute Gasteiger partial charge is 0.214 e. The molecule has 30 heavy (non-hydrogen) atoms. The number of likely N-dealkylation sites (N-methyl/N-ethyl adjacent to an activating group) is 1. The molecule has 0 radical (unpaired) electrons. The van der Waals surface area contributed by atoms with Crippen molar-refractivity contribution in [3.05, 3.63) is 107 Å². The van der Waals surface area contributed by atoms with E-state index in [0.717, 1.165) is 0 Å². The van der Waals surface area contributed by atoms with Gasteiger partial charge >= 0.3 is 0 Å². The van der Waals surface area contributed by atoms with E-state index >= 15 is 0 Å². The van der Waals surface area contributed by atoms with E-state index in [1.54, 1.807) is 0 Å². The Hall–Kier alpha value is -2.97. The Labute approximate surface area is 179 Å². The predicted octanol–water partition coefficient (Wildman–Crippen LogP) is 5.80. The monoisotopic (exact) mass is 394 g/mol. The summed E-state index contributed by atoms with van der Waals surface area (Å²) in [7, 11) is 2.19. The van der Waals surface area contributed by atoms with Gasteiger partial charge in [0.2, 0.25) is 5.71 Å². The molecule has 2 nitrogen and oxygen atoms in total. The van der Waals surface area contributed by atoms with Crippen LogP contribution in [0.2, 0.25) is 0 Å². The Bertz CT molecular complexity index is 1140. The van der Waals surface area contributed by atoms with Crippen molar-refractivity contribution in [1.82, 2.24) is 0 Å². The van der Waals surface area contributed by atoms with Crippen LogP contribution < -0.4 is 0 Å². The van der Waals surface area contributed by atoms with Gasteiger partial charge in [-0.25, -0.2) is 4.58 Å². The fourth-order valence-corrected chi connectivity index (χ4v) is 5.14. The van der Waals surface area contributed by atoms with Crippen LogP contribution in [0.1, 0.15) is 37.5 Å². The van der Waals surface area contributed by atoms with E-state index in [9.17, 15) is 0 Å². The number of hydrogen-bond donors (Lipinski definition) is 0. The van der Waals surface area contributed by atoms with E-state index in [0.29, 0.717) is 6.61 Å². The maximum atomic E-state index is 6.80. The van der Waals surface area contributed by atoms with Crippen LogP contribution in [0.4, 0.5) is 0 Å². The summed E-state index contributed by atoms with van der Waals surface area (Å²) in [5.74, 6) is 0. The Morgan fingerprint density at radius 3 is 1.87 bits per heavy atom. The second kappa shape index (κ2) is 6.78. The summed E-state index contributed by atoms with van der Waals surface area (Å²) >= 11 is 0. The highest BCUT2D eigenvalue weighted by atomic mass is 16.5. The third-order valence-corrected chi connectivity index (χ3v) is 6.64. The molecule has 0 bridgehead atoms. The Kier molecular flexibility index (Phi) is 4.30. The summed E-state index contributed by atoms with van der Waals surface area (Å²) in [6.45, 7) is 7.27. The number of fused-ring (bicyclic) bond motifs is 3. The summed E-state index contributed by atoms with van der Waals surface area (Å²) in [5.41, 5.74) is 7.97. The average Bonchev–Trinajstić information content (AvgIpc) is 3.19. The second-order valence-electron chi connectivity index (χ2n) is 8.69. The van der Waals surface area contributed by atoms with Crippen molar-refractivity contribution in [2.75, 3.05) is 13.7 Å². The molecule has 150 valence electrons. The highest BCUT2D eigenvalue weighted by Gasteiger charge is 2.54. The zero-order valence-electron chi connectivity index (χ0n) is 18.1. The fourth-order valence-electron chi connectivity index (χ4n) is 5.14. The summed E-state index contributed by atoms with van der Waals surface area (Å²) in [4.78, 5) is 0. The number of hydrogen-bond acceptors (Lipinski definition) is 1. The van der Waals surface area contributed by atoms with Crippen LogP contribution in [0, 0.1) is 0 Å². The molecule has 0 N–H and O–H groups in total. The van der Waals surface area contributed by atoms with Crippen LogP contribution in [-0.4, -0.2) is 29.5 Å². The number of benzene rings is 3. The van der Waals surface area contributed by atoms with Crippen LogP contribution in [0.15, 0.2) is 90.5 Å². The average molecular weight is 395 g/mol. The fraction of sp³-hybridized carbons (Fsp3) is 0.250. The molecular weight excluding hydrogens is 366 g/mol. The van der Waals surface area contributed by atoms with Crippen molar-refractivity contribution in [3.8, 4) is 11.1 Å². The molecule has 0 unspecified atom stereocenters. The molecule has 0 saturated heterocycles. The molecule has 1 heterocycles. The van der Waals surface area contributed by atoms with Gasteiger partial charge in [0.05, 0.1) is 5.57 Å². The minimum Gasteiger partial charge on any atom is -0.361 e. The number of ether oxygens (including phenoxy) is 1. The molecule has 0 amide bonds. The summed E-state index contributed by atoms with van der Waals surface area (Å²) < 4.78 is 9.20. The van der Waals surface area contributed by atoms with Crippen LogP contribution in [0.5, 0.6) is 0 Å². The normalized spacial score (nSPS) is 18.2. The van der Waals surface area contributed by atoms with Crippen molar-refractivity contribution in [2.24, 2.45) is 0 Å². The van der Waals surface area contributed by atoms with Gasteiger partial charge in [0, 0.05) is 37.1 Å². The van der Waals surface area contributed by atoms with E-state index in [1.807, 2.05) is 0 Å². The van der Waals surface area contributed by atoms with Gasteiger partial charge in [-0.1, -0.05) is 66.7 Å². The van der Waals surface area contributed by atoms with Crippen molar-refractivity contribution in [1.29, 1.82) is 0 Å². The number of nitrogens with zero attached hydrogens (tertiary/aromatic N) is 1. The standard InChI is InChI=1S/C28H28NO/c1-5-30-28(23-17-11-9-15-21(23)22-16-10-12-18-24(22)28)25-19-27(2,3)29(4)26(25)20-13-7-6-8-14-20/h6-19H,5H2,1-4H3/q+1. The first kappa shape index (κ1) is 19.0. The van der Waals surface area contributed by atoms with Crippen molar-refractivity contribution in [3.63, 3.8) is 0 Å². The summed E-state index contributed by atoms with van der Waals surface area (Å²) in [6.07, 6.45) is 2.41. The molecule has 0 spiro atoms. The van der Waals surface area contributed by atoms with E-state index in [-0.39, 0.29) is 5.54 Å². The van der Waals surface area contributed by atoms with E-state index in [1.165, 1.54) is 39.1 Å². The minimum atomic E-state index is -0.616. The lowest BCUT2D eigenvalue weighted by molar-refractivity contribution is -0.555. The van der Waals surface area contributed by atoms with Gasteiger partial charge in [0.25, 0.3) is 0 Å². The Balaban J connectivity index is 1.87. The van der Waals surface area contributed by atoms with Gasteiger partial charge in [0.1, 0.15) is 7.05 Å². The molecule has 1 aliphatic carbocycles. The molecule has 5 rings (SSSR count). The molecule has 0 fully saturated rings. The lowest BCUT2D eigenvalue weighted by Gasteiger charge is -2.32. The van der Waals surface area contributed by atoms with Crippen molar-refractivity contribution < 1.29 is 9.31 Å². The first-order chi connectivity index (χ1) is 14.5. The maximum absolute atomic E-state index is 6.80. The zero-order chi connectivity index (χ0) is 20.9. The van der Waals surface area contributed by atoms with Crippen molar-refractivity contribution >= 4 is 5.71 Å². The van der Waals surface area contributed by atoms with Crippen molar-refractivity contribution in [2.45, 2.75) is 31.9 Å². The maximum Gasteiger partial charge on any atom is 0.214 e. The topological polar surface area (TPSA) is 12.2 Å². The molecule has 2 heteroatoms. The molecular formula is C28H28NO+. The van der Waals surface area contributed by atoms with Gasteiger partial charge in [-0.3, -0.25) is 0 Å². The molecule has 0 saturated carbocycles. The minimum absolute atomic E-state index is 0.114. The van der Waals surface area contributed by atoms with Gasteiger partial charge in [0.15, 0.2) is 11.1 Å². The third-order valence-electron chi connectivity index (χ3n) is 6.64. The highest BCUT2D eigenvalue weighted by Crippen LogP contribution is 2.55. The molecule has 3 aromatic rings. The molecule has 0 atom stereocenters. The lowest BCUT2D eigenvalue weighted by Crippen LogP contribution is -2.36. The summed E-state index contributed by atoms with van der Waals surface area (Å²) in [6, 6.07) is 28.1. The zero-order valence-corrected chi connectivity index (χ0v) is 18.1. The molecule has 0 aromatic heterocycles. The van der Waals surface area contributed by atoms with Crippen LogP contribution in [0.25, 0.3) is 11.1 Å². The molecule has 3 aromatic carbocycles.